The smallest absolute Gasteiger partial charge is 0.307 e. The van der Waals surface area contributed by atoms with Gasteiger partial charge in [-0.25, -0.2) is 4.39 Å². The Kier molecular flexibility index (Phi) is 6.09. The summed E-state index contributed by atoms with van der Waals surface area (Å²) in [7, 11) is 0. The number of ether oxygens (including phenoxy) is 1. The predicted octanol–water partition coefficient (Wildman–Crippen LogP) is 3.08. The van der Waals surface area contributed by atoms with Crippen LogP contribution in [0.15, 0.2) is 18.2 Å². The molecule has 1 unspecified atom stereocenters. The highest BCUT2D eigenvalue weighted by atomic mass is 35.5. The molecule has 1 rings (SSSR count). The number of nitrogens with one attached hydrogen (secondary N) is 1. The van der Waals surface area contributed by atoms with Crippen LogP contribution in [0, 0.1) is 5.82 Å². The van der Waals surface area contributed by atoms with Gasteiger partial charge in [-0.05, 0) is 31.5 Å². The normalized spacial score (nSPS) is 12.2. The van der Waals surface area contributed by atoms with Gasteiger partial charge in [-0.15, -0.1) is 0 Å². The first-order chi connectivity index (χ1) is 8.54. The van der Waals surface area contributed by atoms with Crippen LogP contribution in [0.5, 0.6) is 0 Å². The number of halogens is 2. The molecule has 100 valence electrons. The van der Waals surface area contributed by atoms with Crippen molar-refractivity contribution in [2.75, 3.05) is 13.2 Å². The molecule has 0 aliphatic carbocycles. The van der Waals surface area contributed by atoms with Gasteiger partial charge in [0.1, 0.15) is 5.82 Å². The number of rotatable bonds is 6. The third-order valence-electron chi connectivity index (χ3n) is 2.53. The molecule has 0 amide bonds. The van der Waals surface area contributed by atoms with E-state index in [-0.39, 0.29) is 17.0 Å². The zero-order valence-electron chi connectivity index (χ0n) is 10.5. The summed E-state index contributed by atoms with van der Waals surface area (Å²) in [6.07, 6.45) is 0.313. The first kappa shape index (κ1) is 14.9. The molecule has 1 aromatic rings. The van der Waals surface area contributed by atoms with E-state index in [1.165, 1.54) is 6.07 Å². The standard InChI is InChI=1S/C13H17ClFNO2/c1-3-18-13(17)6-7-16-9(2)10-4-5-12(15)11(14)8-10/h4-5,8-9,16H,3,6-7H2,1-2H3. The lowest BCUT2D eigenvalue weighted by molar-refractivity contribution is -0.143. The Morgan fingerprint density at radius 3 is 2.89 bits per heavy atom. The first-order valence-electron chi connectivity index (χ1n) is 5.88. The van der Waals surface area contributed by atoms with Crippen LogP contribution in [-0.2, 0) is 9.53 Å². The zero-order valence-corrected chi connectivity index (χ0v) is 11.3. The Morgan fingerprint density at radius 2 is 2.28 bits per heavy atom. The molecular formula is C13H17ClFNO2. The van der Waals surface area contributed by atoms with Crippen LogP contribution in [0.25, 0.3) is 0 Å². The summed E-state index contributed by atoms with van der Waals surface area (Å²) in [6, 6.07) is 4.58. The van der Waals surface area contributed by atoms with Gasteiger partial charge in [0.15, 0.2) is 0 Å². The van der Waals surface area contributed by atoms with E-state index in [2.05, 4.69) is 5.32 Å². The maximum absolute atomic E-state index is 13.0. The SMILES string of the molecule is CCOC(=O)CCNC(C)c1ccc(F)c(Cl)c1. The minimum atomic E-state index is -0.431. The van der Waals surface area contributed by atoms with E-state index in [1.807, 2.05) is 6.92 Å². The maximum atomic E-state index is 13.0. The Bertz CT molecular complexity index is 412. The van der Waals surface area contributed by atoms with E-state index >= 15 is 0 Å². The fourth-order valence-corrected chi connectivity index (χ4v) is 1.71. The fraction of sp³-hybridized carbons (Fsp3) is 0.462. The highest BCUT2D eigenvalue weighted by Gasteiger charge is 2.09. The third-order valence-corrected chi connectivity index (χ3v) is 2.82. The highest BCUT2D eigenvalue weighted by Crippen LogP contribution is 2.20. The van der Waals surface area contributed by atoms with Gasteiger partial charge in [0, 0.05) is 12.6 Å². The molecule has 0 bridgehead atoms. The van der Waals surface area contributed by atoms with Crippen LogP contribution in [0.3, 0.4) is 0 Å². The Labute approximate surface area is 111 Å². The largest absolute Gasteiger partial charge is 0.466 e. The molecule has 1 N–H and O–H groups in total. The van der Waals surface area contributed by atoms with Crippen molar-refractivity contribution in [3.8, 4) is 0 Å². The second-order valence-corrected chi connectivity index (χ2v) is 4.31. The summed E-state index contributed by atoms with van der Waals surface area (Å²) in [5, 5.41) is 3.26. The molecule has 0 radical (unpaired) electrons. The first-order valence-corrected chi connectivity index (χ1v) is 6.26. The molecule has 0 aliphatic rings. The number of esters is 1. The maximum Gasteiger partial charge on any atom is 0.307 e. The molecule has 0 saturated heterocycles. The predicted molar refractivity (Wildman–Crippen MR) is 69.1 cm³/mol. The van der Waals surface area contributed by atoms with Crippen molar-refractivity contribution < 1.29 is 13.9 Å². The topological polar surface area (TPSA) is 38.3 Å². The van der Waals surface area contributed by atoms with Gasteiger partial charge >= 0.3 is 5.97 Å². The lowest BCUT2D eigenvalue weighted by Gasteiger charge is -2.14. The third kappa shape index (κ3) is 4.63. The quantitative estimate of drug-likeness (QED) is 0.810. The van der Waals surface area contributed by atoms with Gasteiger partial charge in [-0.1, -0.05) is 17.7 Å². The lowest BCUT2D eigenvalue weighted by atomic mass is 10.1. The zero-order chi connectivity index (χ0) is 13.5. The molecule has 5 heteroatoms. The van der Waals surface area contributed by atoms with Crippen LogP contribution in [-0.4, -0.2) is 19.1 Å². The molecule has 0 fully saturated rings. The molecule has 0 spiro atoms. The van der Waals surface area contributed by atoms with Crippen LogP contribution in [0.4, 0.5) is 4.39 Å². The van der Waals surface area contributed by atoms with E-state index in [9.17, 15) is 9.18 Å². The minimum Gasteiger partial charge on any atom is -0.466 e. The molecule has 1 aromatic carbocycles. The summed E-state index contributed by atoms with van der Waals surface area (Å²) in [6.45, 7) is 4.60. The summed E-state index contributed by atoms with van der Waals surface area (Å²) in [5.41, 5.74) is 0.880. The summed E-state index contributed by atoms with van der Waals surface area (Å²) in [4.78, 5) is 11.1. The second-order valence-electron chi connectivity index (χ2n) is 3.90. The number of hydrogen-bond acceptors (Lipinski definition) is 3. The van der Waals surface area contributed by atoms with E-state index in [4.69, 9.17) is 16.3 Å². The van der Waals surface area contributed by atoms with Crippen molar-refractivity contribution in [2.45, 2.75) is 26.3 Å². The number of carbonyl (C=O) groups is 1. The van der Waals surface area contributed by atoms with E-state index < -0.39 is 5.82 Å². The van der Waals surface area contributed by atoms with Gasteiger partial charge in [0.05, 0.1) is 18.1 Å². The molecule has 3 nitrogen and oxygen atoms in total. The van der Waals surface area contributed by atoms with Crippen molar-refractivity contribution >= 4 is 17.6 Å². The molecule has 1 atom stereocenters. The lowest BCUT2D eigenvalue weighted by Crippen LogP contribution is -2.22. The molecule has 0 saturated carbocycles. The molecule has 0 heterocycles. The molecule has 0 aromatic heterocycles. The average molecular weight is 274 g/mol. The highest BCUT2D eigenvalue weighted by molar-refractivity contribution is 6.30. The van der Waals surface area contributed by atoms with Crippen LogP contribution < -0.4 is 5.32 Å². The van der Waals surface area contributed by atoms with Gasteiger partial charge in [0.25, 0.3) is 0 Å². The average Bonchev–Trinajstić information content (AvgIpc) is 2.33. The van der Waals surface area contributed by atoms with Crippen molar-refractivity contribution in [1.82, 2.24) is 5.32 Å². The van der Waals surface area contributed by atoms with Crippen LogP contribution >= 0.6 is 11.6 Å². The minimum absolute atomic E-state index is 0.00229. The summed E-state index contributed by atoms with van der Waals surface area (Å²) >= 11 is 5.71. The van der Waals surface area contributed by atoms with Gasteiger partial charge in [-0.3, -0.25) is 4.79 Å². The van der Waals surface area contributed by atoms with E-state index in [1.54, 1.807) is 19.1 Å². The van der Waals surface area contributed by atoms with Gasteiger partial charge in [0.2, 0.25) is 0 Å². The Morgan fingerprint density at radius 1 is 1.56 bits per heavy atom. The Balaban J connectivity index is 2.43. The fourth-order valence-electron chi connectivity index (χ4n) is 1.52. The van der Waals surface area contributed by atoms with Gasteiger partial charge < -0.3 is 10.1 Å². The number of carbonyl (C=O) groups excluding carboxylic acids is 1. The van der Waals surface area contributed by atoms with Crippen molar-refractivity contribution in [3.63, 3.8) is 0 Å². The van der Waals surface area contributed by atoms with Crippen LogP contribution in [0.2, 0.25) is 5.02 Å². The molecule has 0 aliphatic heterocycles. The van der Waals surface area contributed by atoms with Crippen molar-refractivity contribution in [3.05, 3.63) is 34.6 Å². The van der Waals surface area contributed by atoms with Crippen molar-refractivity contribution in [2.24, 2.45) is 0 Å². The summed E-state index contributed by atoms with van der Waals surface area (Å²) in [5.74, 6) is -0.659. The molecule has 18 heavy (non-hydrogen) atoms. The summed E-state index contributed by atoms with van der Waals surface area (Å²) < 4.78 is 17.8. The van der Waals surface area contributed by atoms with Crippen LogP contribution in [0.1, 0.15) is 31.9 Å². The monoisotopic (exact) mass is 273 g/mol. The van der Waals surface area contributed by atoms with Crippen molar-refractivity contribution in [1.29, 1.82) is 0 Å². The second kappa shape index (κ2) is 7.34. The number of benzene rings is 1. The van der Waals surface area contributed by atoms with E-state index in [0.29, 0.717) is 19.6 Å². The van der Waals surface area contributed by atoms with E-state index in [0.717, 1.165) is 5.56 Å². The van der Waals surface area contributed by atoms with Gasteiger partial charge in [-0.2, -0.15) is 0 Å². The Hall–Kier alpha value is -1.13. The number of hydrogen-bond donors (Lipinski definition) is 1. The molecular weight excluding hydrogens is 257 g/mol.